The molecule has 0 fully saturated rings. The van der Waals surface area contributed by atoms with Gasteiger partial charge in [0.25, 0.3) is 0 Å². The molecule has 0 amide bonds. The summed E-state index contributed by atoms with van der Waals surface area (Å²) in [7, 11) is 1.74. The Morgan fingerprint density at radius 3 is 1.59 bits per heavy atom. The molecule has 0 unspecified atom stereocenters. The zero-order chi connectivity index (χ0) is 20.2. The van der Waals surface area contributed by atoms with E-state index in [1.807, 2.05) is 42.5 Å². The van der Waals surface area contributed by atoms with Gasteiger partial charge in [-0.3, -0.25) is 0 Å². The second-order valence-electron chi connectivity index (χ2n) is 7.08. The number of benzene rings is 4. The van der Waals surface area contributed by atoms with Crippen LogP contribution in [0.2, 0.25) is 0 Å². The minimum absolute atomic E-state index is 0.796. The topological polar surface area (TPSA) is 9.23 Å². The van der Waals surface area contributed by atoms with Gasteiger partial charge in [0, 0.05) is 0 Å². The molecule has 0 heterocycles. The first-order valence-electron chi connectivity index (χ1n) is 9.70. The fourth-order valence-corrected chi connectivity index (χ4v) is 9.06. The van der Waals surface area contributed by atoms with Crippen LogP contribution in [-0.4, -0.2) is 7.11 Å². The van der Waals surface area contributed by atoms with Gasteiger partial charge in [0.2, 0.25) is 0 Å². The van der Waals surface area contributed by atoms with Crippen molar-refractivity contribution in [3.63, 3.8) is 0 Å². The third-order valence-electron chi connectivity index (χ3n) is 5.44. The van der Waals surface area contributed by atoms with Crippen LogP contribution in [0.15, 0.2) is 115 Å². The summed E-state index contributed by atoms with van der Waals surface area (Å²) in [5, 5.41) is 3.08. The first-order valence-corrected chi connectivity index (χ1v) is 12.8. The van der Waals surface area contributed by atoms with Gasteiger partial charge in [-0.05, 0) is 0 Å². The summed E-state index contributed by atoms with van der Waals surface area (Å²) in [6.45, 7) is 0. The quantitative estimate of drug-likeness (QED) is 0.358. The van der Waals surface area contributed by atoms with Crippen LogP contribution in [0.1, 0.15) is 11.1 Å². The van der Waals surface area contributed by atoms with Crippen LogP contribution in [0.3, 0.4) is 0 Å². The van der Waals surface area contributed by atoms with E-state index in [-0.39, 0.29) is 0 Å². The second kappa shape index (κ2) is 8.13. The Morgan fingerprint density at radius 1 is 0.621 bits per heavy atom. The molecule has 0 bridgehead atoms. The third-order valence-corrected chi connectivity index (χ3v) is 12.0. The molecule has 0 aromatic heterocycles. The van der Waals surface area contributed by atoms with E-state index in [4.69, 9.17) is 15.8 Å². The molecule has 0 aliphatic carbocycles. The van der Waals surface area contributed by atoms with Crippen LogP contribution in [0, 0.1) is 0 Å². The van der Waals surface area contributed by atoms with Gasteiger partial charge in [0.15, 0.2) is 0 Å². The van der Waals surface area contributed by atoms with Crippen LogP contribution in [0.5, 0.6) is 0 Å². The predicted molar refractivity (Wildman–Crippen MR) is 127 cm³/mol. The minimum atomic E-state index is -3.64. The van der Waals surface area contributed by atoms with Crippen molar-refractivity contribution in [2.75, 3.05) is 7.11 Å². The molecule has 0 aliphatic heterocycles. The van der Waals surface area contributed by atoms with Gasteiger partial charge in [0.05, 0.1) is 0 Å². The van der Waals surface area contributed by atoms with Crippen molar-refractivity contribution in [2.24, 2.45) is 0 Å². The van der Waals surface area contributed by atoms with Crippen LogP contribution < -0.4 is 15.9 Å². The average Bonchev–Trinajstić information content (AvgIpc) is 2.81. The van der Waals surface area contributed by atoms with E-state index >= 15 is 0 Å². The molecule has 146 valence electrons. The number of rotatable bonds is 6. The van der Waals surface area contributed by atoms with E-state index in [0.717, 1.165) is 22.3 Å². The average molecular weight is 419 g/mol. The number of hydrogen-bond donors (Lipinski definition) is 0. The summed E-state index contributed by atoms with van der Waals surface area (Å²) in [6, 6.07) is 39.4. The molecule has 0 radical (unpaired) electrons. The van der Waals surface area contributed by atoms with Crippen LogP contribution in [0.25, 0.3) is 0 Å². The molecule has 4 aromatic carbocycles. The van der Waals surface area contributed by atoms with Gasteiger partial charge in [0.1, 0.15) is 0 Å². The Kier molecular flexibility index (Phi) is 5.56. The normalized spacial score (nSPS) is 12.8. The molecule has 0 saturated heterocycles. The predicted octanol–water partition coefficient (Wildman–Crippen LogP) is 5.82. The van der Waals surface area contributed by atoms with E-state index in [2.05, 4.69) is 72.8 Å². The second-order valence-corrected chi connectivity index (χ2v) is 12.8. The van der Waals surface area contributed by atoms with E-state index in [9.17, 15) is 0 Å². The van der Waals surface area contributed by atoms with Gasteiger partial charge in [-0.2, -0.15) is 0 Å². The summed E-state index contributed by atoms with van der Waals surface area (Å²) < 4.78 is 6.46. The number of halogens is 1. The molecule has 4 rings (SSSR count). The van der Waals surface area contributed by atoms with Gasteiger partial charge in [-0.1, -0.05) is 0 Å². The maximum absolute atomic E-state index is 7.84. The Balaban J connectivity index is 2.02. The molecule has 0 N–H and O–H groups in total. The Labute approximate surface area is 177 Å². The van der Waals surface area contributed by atoms with Crippen molar-refractivity contribution in [3.8, 4) is 0 Å². The fraction of sp³-hybridized carbons (Fsp3) is 0.0769. The van der Waals surface area contributed by atoms with Crippen LogP contribution >= 0.6 is 17.4 Å². The summed E-state index contributed by atoms with van der Waals surface area (Å²) in [4.78, 5) is 0. The first-order chi connectivity index (χ1) is 14.2. The summed E-state index contributed by atoms with van der Waals surface area (Å²) in [5.41, 5.74) is 2.43. The summed E-state index contributed by atoms with van der Waals surface area (Å²) in [5.74, 6) is 0. The van der Waals surface area contributed by atoms with Gasteiger partial charge >= 0.3 is 178 Å². The Bertz CT molecular complexity index is 1040. The van der Waals surface area contributed by atoms with Gasteiger partial charge in [-0.15, -0.1) is 0 Å². The number of hydrogen-bond acceptors (Lipinski definition) is 1. The summed E-state index contributed by atoms with van der Waals surface area (Å²) in [6.07, 6.45) is -2.84. The van der Waals surface area contributed by atoms with Crippen LogP contribution in [0.4, 0.5) is 0 Å². The molecule has 0 atom stereocenters. The van der Waals surface area contributed by atoms with Gasteiger partial charge in [-0.25, -0.2) is 0 Å². The molecule has 0 saturated carbocycles. The van der Waals surface area contributed by atoms with Gasteiger partial charge < -0.3 is 0 Å². The monoisotopic (exact) mass is 418 g/mol. The van der Waals surface area contributed by atoms with Crippen molar-refractivity contribution in [3.05, 3.63) is 126 Å². The van der Waals surface area contributed by atoms with E-state index in [0.29, 0.717) is 0 Å². The van der Waals surface area contributed by atoms with E-state index in [1.54, 1.807) is 7.11 Å². The zero-order valence-corrected chi connectivity index (χ0v) is 18.1. The first kappa shape index (κ1) is 19.9. The third kappa shape index (κ3) is 3.40. The van der Waals surface area contributed by atoms with E-state index in [1.165, 1.54) is 11.1 Å². The van der Waals surface area contributed by atoms with Crippen LogP contribution in [-0.2, 0) is 10.9 Å². The standard InChI is InChI=1S/C26H24ClOP/c1-28-29(27,24-16-7-3-8-17-24,25-18-9-4-10-19-25)26-20-12-11-15-23(26)21-22-13-5-2-6-14-22/h2-20H,21H2,1H3. The SMILES string of the molecule is COP(Cl)(c1ccccc1)(c1ccccc1)c1ccccc1Cc1ccccc1. The van der Waals surface area contributed by atoms with Crippen molar-refractivity contribution in [2.45, 2.75) is 6.42 Å². The van der Waals surface area contributed by atoms with Crippen molar-refractivity contribution in [1.82, 2.24) is 0 Å². The van der Waals surface area contributed by atoms with Crippen molar-refractivity contribution in [1.29, 1.82) is 0 Å². The van der Waals surface area contributed by atoms with Crippen molar-refractivity contribution >= 4 is 33.3 Å². The zero-order valence-electron chi connectivity index (χ0n) is 16.4. The molecule has 3 heteroatoms. The Hall–Kier alpha value is -2.44. The molecule has 0 aliphatic rings. The Morgan fingerprint density at radius 2 is 1.07 bits per heavy atom. The maximum atomic E-state index is 7.84. The molecule has 0 spiro atoms. The van der Waals surface area contributed by atoms with E-state index < -0.39 is 6.18 Å². The molecular weight excluding hydrogens is 395 g/mol. The molecule has 29 heavy (non-hydrogen) atoms. The van der Waals surface area contributed by atoms with Crippen molar-refractivity contribution < 1.29 is 4.52 Å². The summed E-state index contributed by atoms with van der Waals surface area (Å²) >= 11 is 7.84. The fourth-order valence-electron chi connectivity index (χ4n) is 3.99. The molecular formula is C26H24ClOP. The molecule has 1 nitrogen and oxygen atoms in total. The molecule has 4 aromatic rings.